The van der Waals surface area contributed by atoms with E-state index < -0.39 is 29.1 Å². The molecule has 0 unspecified atom stereocenters. The van der Waals surface area contributed by atoms with Gasteiger partial charge in [0.05, 0.1) is 0 Å². The predicted octanol–water partition coefficient (Wildman–Crippen LogP) is 6.50. The molecule has 0 radical (unpaired) electrons. The Morgan fingerprint density at radius 2 is 1.94 bits per heavy atom. The van der Waals surface area contributed by atoms with Crippen molar-refractivity contribution in [1.29, 1.82) is 0 Å². The number of alkyl halides is 3. The number of nitrogens with zero attached hydrogens (tertiary/aromatic N) is 2. The fraction of sp³-hybridized carbons (Fsp3) is 0.231. The smallest absolute Gasteiger partial charge is 0.404 e. The molecule has 0 saturated carbocycles. The van der Waals surface area contributed by atoms with Crippen molar-refractivity contribution in [3.05, 3.63) is 101 Å². The van der Waals surface area contributed by atoms with Crippen LogP contribution in [-0.4, -0.2) is 21.9 Å². The quantitative estimate of drug-likeness (QED) is 0.184. The third-order valence-corrected chi connectivity index (χ3v) is 5.42. The van der Waals surface area contributed by atoms with Gasteiger partial charge in [-0.2, -0.15) is 13.2 Å². The number of H-pyrrole nitrogens is 1. The number of aryl methyl sites for hydroxylation is 1. The zero-order valence-electron chi connectivity index (χ0n) is 19.5. The highest BCUT2D eigenvalue weighted by atomic mass is 19.4. The number of hydrogen-bond acceptors (Lipinski definition) is 4. The molecule has 0 atom stereocenters. The van der Waals surface area contributed by atoms with Gasteiger partial charge in [-0.05, 0) is 60.7 Å². The van der Waals surface area contributed by atoms with Gasteiger partial charge >= 0.3 is 6.18 Å². The normalized spacial score (nSPS) is 12.6. The van der Waals surface area contributed by atoms with E-state index in [1.165, 1.54) is 17.2 Å². The Kier molecular flexibility index (Phi) is 8.11. The fourth-order valence-electron chi connectivity index (χ4n) is 3.70. The molecule has 0 aliphatic rings. The van der Waals surface area contributed by atoms with Crippen LogP contribution in [-0.2, 0) is 12.8 Å². The Morgan fingerprint density at radius 3 is 2.54 bits per heavy atom. The maximum absolute atomic E-state index is 13.9. The molecule has 4 N–H and O–H groups in total. The second kappa shape index (κ2) is 11.0. The molecule has 2 aromatic heterocycles. The molecule has 3 aromatic rings. The number of rotatable bonds is 9. The van der Waals surface area contributed by atoms with Crippen molar-refractivity contribution in [1.82, 2.24) is 9.97 Å². The van der Waals surface area contributed by atoms with Crippen LogP contribution in [0.2, 0.25) is 0 Å². The van der Waals surface area contributed by atoms with E-state index in [2.05, 4.69) is 40.7 Å². The molecule has 0 saturated heterocycles. The highest BCUT2D eigenvalue weighted by Gasteiger charge is 2.39. The van der Waals surface area contributed by atoms with E-state index in [9.17, 15) is 17.6 Å². The van der Waals surface area contributed by atoms with E-state index in [0.29, 0.717) is 5.69 Å². The molecule has 0 bridgehead atoms. The zero-order chi connectivity index (χ0) is 25.6. The number of pyridine rings is 1. The van der Waals surface area contributed by atoms with E-state index in [1.807, 2.05) is 18.3 Å². The highest BCUT2D eigenvalue weighted by molar-refractivity contribution is 6.09. The van der Waals surface area contributed by atoms with Gasteiger partial charge in [0, 0.05) is 41.2 Å². The zero-order valence-corrected chi connectivity index (χ0v) is 19.5. The van der Waals surface area contributed by atoms with Crippen molar-refractivity contribution in [2.45, 2.75) is 39.3 Å². The lowest BCUT2D eigenvalue weighted by Crippen LogP contribution is -2.28. The lowest BCUT2D eigenvalue weighted by molar-refractivity contribution is -0.0581. The van der Waals surface area contributed by atoms with Crippen molar-refractivity contribution >= 4 is 17.2 Å². The van der Waals surface area contributed by atoms with Crippen molar-refractivity contribution < 1.29 is 17.6 Å². The Hall–Kier alpha value is -3.88. The highest BCUT2D eigenvalue weighted by Crippen LogP contribution is 2.29. The number of halogens is 4. The summed E-state index contributed by atoms with van der Waals surface area (Å²) in [5.74, 6) is -1.68. The summed E-state index contributed by atoms with van der Waals surface area (Å²) < 4.78 is 55.2. The van der Waals surface area contributed by atoms with E-state index in [4.69, 9.17) is 5.73 Å². The van der Waals surface area contributed by atoms with E-state index >= 15 is 0 Å². The van der Waals surface area contributed by atoms with Gasteiger partial charge in [-0.25, -0.2) is 14.4 Å². The maximum Gasteiger partial charge on any atom is 0.434 e. The average Bonchev–Trinajstić information content (AvgIpc) is 3.15. The van der Waals surface area contributed by atoms with Crippen LogP contribution < -0.4 is 11.1 Å². The van der Waals surface area contributed by atoms with Gasteiger partial charge in [0.1, 0.15) is 0 Å². The van der Waals surface area contributed by atoms with Crippen LogP contribution in [0.4, 0.5) is 29.1 Å². The molecule has 184 valence electrons. The summed E-state index contributed by atoms with van der Waals surface area (Å²) in [6, 6.07) is 9.50. The minimum absolute atomic E-state index is 0.140. The summed E-state index contributed by atoms with van der Waals surface area (Å²) in [6.07, 6.45) is 1.74. The number of anilines is 1. The summed E-state index contributed by atoms with van der Waals surface area (Å²) in [6.45, 7) is 7.87. The van der Waals surface area contributed by atoms with Crippen molar-refractivity contribution in [2.24, 2.45) is 10.7 Å². The SMILES string of the molecule is C=C(Nc1ccc(Cc2c[nH]c(C)c2CCC)cc1)C(=CN)C(=Nc1ncccc1F)C(F)(F)F. The molecular formula is C26H27F4N5. The van der Waals surface area contributed by atoms with E-state index in [1.54, 1.807) is 12.1 Å². The minimum atomic E-state index is -4.92. The summed E-state index contributed by atoms with van der Waals surface area (Å²) in [5, 5.41) is 2.83. The number of aliphatic imine (C=N–C) groups is 1. The molecule has 1 aromatic carbocycles. The molecule has 0 amide bonds. The van der Waals surface area contributed by atoms with Crippen LogP contribution in [0, 0.1) is 12.7 Å². The van der Waals surface area contributed by atoms with Gasteiger partial charge in [-0.15, -0.1) is 0 Å². The summed E-state index contributed by atoms with van der Waals surface area (Å²) >= 11 is 0. The third-order valence-electron chi connectivity index (χ3n) is 5.42. The number of nitrogens with two attached hydrogens (primary N) is 1. The van der Waals surface area contributed by atoms with Crippen LogP contribution in [0.15, 0.2) is 77.8 Å². The summed E-state index contributed by atoms with van der Waals surface area (Å²) in [5.41, 5.74) is 8.70. The Bertz CT molecular complexity index is 1240. The van der Waals surface area contributed by atoms with E-state index in [0.717, 1.165) is 49.0 Å². The summed E-state index contributed by atoms with van der Waals surface area (Å²) in [4.78, 5) is 10.2. The first-order valence-corrected chi connectivity index (χ1v) is 11.0. The third kappa shape index (κ3) is 6.38. The second-order valence-electron chi connectivity index (χ2n) is 7.99. The first-order valence-electron chi connectivity index (χ1n) is 11.0. The van der Waals surface area contributed by atoms with Gasteiger partial charge in [0.25, 0.3) is 0 Å². The number of nitrogens with one attached hydrogen (secondary N) is 2. The molecule has 9 heteroatoms. The Balaban J connectivity index is 1.79. The molecule has 0 aliphatic heterocycles. The average molecular weight is 486 g/mol. The number of aromatic amines is 1. The van der Waals surface area contributed by atoms with Crippen LogP contribution in [0.3, 0.4) is 0 Å². The molecule has 3 rings (SSSR count). The lowest BCUT2D eigenvalue weighted by atomic mass is 9.99. The number of allylic oxidation sites excluding steroid dienone is 1. The number of hydrogen-bond donors (Lipinski definition) is 3. The maximum atomic E-state index is 13.9. The largest absolute Gasteiger partial charge is 0.434 e. The Labute approximate surface area is 201 Å². The summed E-state index contributed by atoms with van der Waals surface area (Å²) in [7, 11) is 0. The topological polar surface area (TPSA) is 79.1 Å². The molecule has 5 nitrogen and oxygen atoms in total. The van der Waals surface area contributed by atoms with Crippen LogP contribution in [0.25, 0.3) is 0 Å². The minimum Gasteiger partial charge on any atom is -0.404 e. The number of benzene rings is 1. The van der Waals surface area contributed by atoms with Gasteiger partial charge in [-0.1, -0.05) is 32.1 Å². The van der Waals surface area contributed by atoms with Gasteiger partial charge in [-0.3, -0.25) is 0 Å². The molecule has 0 aliphatic carbocycles. The van der Waals surface area contributed by atoms with Crippen LogP contribution in [0.5, 0.6) is 0 Å². The van der Waals surface area contributed by atoms with Crippen LogP contribution >= 0.6 is 0 Å². The van der Waals surface area contributed by atoms with E-state index in [-0.39, 0.29) is 5.70 Å². The molecule has 2 heterocycles. The first-order chi connectivity index (χ1) is 16.6. The van der Waals surface area contributed by atoms with Crippen molar-refractivity contribution in [3.63, 3.8) is 0 Å². The monoisotopic (exact) mass is 485 g/mol. The Morgan fingerprint density at radius 1 is 1.23 bits per heavy atom. The lowest BCUT2D eigenvalue weighted by Gasteiger charge is -2.17. The molecule has 0 spiro atoms. The second-order valence-corrected chi connectivity index (χ2v) is 7.99. The molecular weight excluding hydrogens is 458 g/mol. The van der Waals surface area contributed by atoms with Gasteiger partial charge in [0.2, 0.25) is 0 Å². The number of aromatic nitrogens is 2. The predicted molar refractivity (Wildman–Crippen MR) is 131 cm³/mol. The molecule has 35 heavy (non-hydrogen) atoms. The van der Waals surface area contributed by atoms with Gasteiger partial charge < -0.3 is 16.0 Å². The first kappa shape index (κ1) is 25.7. The van der Waals surface area contributed by atoms with Gasteiger partial charge in [0.15, 0.2) is 17.3 Å². The fourth-order valence-corrected chi connectivity index (χ4v) is 3.70. The standard InChI is InChI=1S/C26H27F4N5/c1-4-6-21-16(2)33-15-19(21)13-18-8-10-20(11-9-18)34-17(3)22(14-31)24(26(28,29)30)35-25-23(27)7-5-12-32-25/h5,7-12,14-15,33-34H,3-4,6,13,31H2,1-2H3. The van der Waals surface area contributed by atoms with Crippen molar-refractivity contribution in [3.8, 4) is 0 Å². The van der Waals surface area contributed by atoms with Crippen molar-refractivity contribution in [2.75, 3.05) is 5.32 Å². The molecule has 0 fully saturated rings. The van der Waals surface area contributed by atoms with Crippen LogP contribution in [0.1, 0.15) is 35.7 Å².